The molecule has 0 unspecified atom stereocenters. The van der Waals surface area contributed by atoms with Crippen LogP contribution in [0.2, 0.25) is 0 Å². The van der Waals surface area contributed by atoms with Gasteiger partial charge in [0.05, 0.1) is 29.5 Å². The Hall–Kier alpha value is -4.87. The SMILES string of the molecule is C[C@@H]1CN([C@@H](C)CO)C(=O)c2cccc(NC(=O)Nc3ccc(C(F)(F)F)cc3)c2O[C@H]1CN(C)Cc1ccc(-c2ccccc2)cc1. The summed E-state index contributed by atoms with van der Waals surface area (Å²) in [6.45, 7) is 4.99. The fraction of sp³-hybridized carbons (Fsp3) is 0.297. The number of carbonyl (C=O) groups excluding carboxylic acids is 2. The van der Waals surface area contributed by atoms with Crippen molar-refractivity contribution in [1.29, 1.82) is 0 Å². The summed E-state index contributed by atoms with van der Waals surface area (Å²) in [4.78, 5) is 30.5. The van der Waals surface area contributed by atoms with E-state index in [0.29, 0.717) is 19.6 Å². The predicted octanol–water partition coefficient (Wildman–Crippen LogP) is 7.37. The molecule has 3 N–H and O–H groups in total. The van der Waals surface area contributed by atoms with Gasteiger partial charge in [0, 0.05) is 31.2 Å². The van der Waals surface area contributed by atoms with E-state index in [-0.39, 0.29) is 41.1 Å². The van der Waals surface area contributed by atoms with Crippen LogP contribution in [0.3, 0.4) is 0 Å². The van der Waals surface area contributed by atoms with Crippen LogP contribution in [0.5, 0.6) is 5.75 Å². The first kappa shape index (κ1) is 34.5. The molecule has 0 aliphatic carbocycles. The lowest BCUT2D eigenvalue weighted by Crippen LogP contribution is -2.49. The molecular weight excluding hydrogens is 621 g/mol. The van der Waals surface area contributed by atoms with Crippen LogP contribution in [0, 0.1) is 5.92 Å². The van der Waals surface area contributed by atoms with Crippen LogP contribution in [-0.4, -0.2) is 65.7 Å². The summed E-state index contributed by atoms with van der Waals surface area (Å²) in [7, 11) is 1.99. The Morgan fingerprint density at radius 1 is 0.958 bits per heavy atom. The zero-order valence-electron chi connectivity index (χ0n) is 27.0. The van der Waals surface area contributed by atoms with Gasteiger partial charge in [0.1, 0.15) is 6.10 Å². The van der Waals surface area contributed by atoms with E-state index in [1.807, 2.05) is 32.2 Å². The van der Waals surface area contributed by atoms with Gasteiger partial charge < -0.3 is 25.4 Å². The molecule has 5 rings (SSSR count). The zero-order valence-corrected chi connectivity index (χ0v) is 27.0. The summed E-state index contributed by atoms with van der Waals surface area (Å²) in [5.41, 5.74) is 3.15. The van der Waals surface area contributed by atoms with Crippen molar-refractivity contribution >= 4 is 23.3 Å². The van der Waals surface area contributed by atoms with Crippen molar-refractivity contribution < 1.29 is 32.6 Å². The molecule has 4 aromatic rings. The molecule has 252 valence electrons. The highest BCUT2D eigenvalue weighted by molar-refractivity contribution is 6.04. The van der Waals surface area contributed by atoms with Gasteiger partial charge in [-0.15, -0.1) is 0 Å². The lowest BCUT2D eigenvalue weighted by molar-refractivity contribution is -0.137. The zero-order chi connectivity index (χ0) is 34.4. The molecule has 1 aliphatic heterocycles. The van der Waals surface area contributed by atoms with Crippen molar-refractivity contribution in [3.8, 4) is 16.9 Å². The molecule has 8 nitrogen and oxygen atoms in total. The number of para-hydroxylation sites is 1. The number of rotatable bonds is 9. The summed E-state index contributed by atoms with van der Waals surface area (Å²) < 4.78 is 45.5. The molecule has 1 aliphatic rings. The van der Waals surface area contributed by atoms with Crippen LogP contribution in [0.25, 0.3) is 11.1 Å². The number of halogens is 3. The third-order valence-electron chi connectivity index (χ3n) is 8.41. The van der Waals surface area contributed by atoms with Crippen LogP contribution in [-0.2, 0) is 12.7 Å². The summed E-state index contributed by atoms with van der Waals surface area (Å²) in [6, 6.07) is 26.2. The second-order valence-electron chi connectivity index (χ2n) is 12.2. The van der Waals surface area contributed by atoms with E-state index >= 15 is 0 Å². The van der Waals surface area contributed by atoms with E-state index in [9.17, 15) is 27.9 Å². The van der Waals surface area contributed by atoms with E-state index < -0.39 is 29.9 Å². The van der Waals surface area contributed by atoms with Crippen LogP contribution in [0.4, 0.5) is 29.3 Å². The van der Waals surface area contributed by atoms with E-state index in [4.69, 9.17) is 4.74 Å². The molecule has 0 aromatic heterocycles. The van der Waals surface area contributed by atoms with E-state index in [2.05, 4.69) is 51.9 Å². The minimum absolute atomic E-state index is 0.157. The van der Waals surface area contributed by atoms with Gasteiger partial charge in [-0.05, 0) is 67.1 Å². The van der Waals surface area contributed by atoms with Gasteiger partial charge in [-0.1, -0.05) is 67.6 Å². The Morgan fingerprint density at radius 2 is 1.62 bits per heavy atom. The Labute approximate surface area is 278 Å². The van der Waals surface area contributed by atoms with Gasteiger partial charge in [-0.2, -0.15) is 13.2 Å². The molecule has 3 amide bonds. The lowest BCUT2D eigenvalue weighted by Gasteiger charge is -2.38. The predicted molar refractivity (Wildman–Crippen MR) is 180 cm³/mol. The molecular formula is C37H39F3N4O4. The van der Waals surface area contributed by atoms with Crippen molar-refractivity contribution in [1.82, 2.24) is 9.80 Å². The van der Waals surface area contributed by atoms with Crippen LogP contribution < -0.4 is 15.4 Å². The van der Waals surface area contributed by atoms with Crippen molar-refractivity contribution in [3.05, 3.63) is 114 Å². The number of alkyl halides is 3. The molecule has 0 radical (unpaired) electrons. The average molecular weight is 661 g/mol. The molecule has 3 atom stereocenters. The highest BCUT2D eigenvalue weighted by Crippen LogP contribution is 2.35. The van der Waals surface area contributed by atoms with Gasteiger partial charge in [-0.3, -0.25) is 9.69 Å². The monoisotopic (exact) mass is 660 g/mol. The van der Waals surface area contributed by atoms with Crippen molar-refractivity contribution in [3.63, 3.8) is 0 Å². The molecule has 4 aromatic carbocycles. The number of amides is 3. The van der Waals surface area contributed by atoms with Crippen LogP contribution in [0.1, 0.15) is 35.3 Å². The number of nitrogens with zero attached hydrogens (tertiary/aromatic N) is 2. The number of aliphatic hydroxyl groups is 1. The van der Waals surface area contributed by atoms with Crippen molar-refractivity contribution in [2.75, 3.05) is 37.4 Å². The number of nitrogens with one attached hydrogen (secondary N) is 2. The van der Waals surface area contributed by atoms with E-state index in [0.717, 1.165) is 41.0 Å². The van der Waals surface area contributed by atoms with Gasteiger partial charge in [0.2, 0.25) is 0 Å². The van der Waals surface area contributed by atoms with Gasteiger partial charge in [-0.25, -0.2) is 4.79 Å². The molecule has 0 saturated heterocycles. The maximum atomic E-state index is 13.8. The maximum Gasteiger partial charge on any atom is 0.416 e. The van der Waals surface area contributed by atoms with Crippen molar-refractivity contribution in [2.45, 2.75) is 38.7 Å². The molecule has 0 fully saturated rings. The average Bonchev–Trinajstić information content (AvgIpc) is 3.07. The van der Waals surface area contributed by atoms with Crippen LogP contribution in [0.15, 0.2) is 97.1 Å². The molecule has 0 spiro atoms. The number of likely N-dealkylation sites (N-methyl/N-ethyl adjacent to an activating group) is 1. The van der Waals surface area contributed by atoms with Gasteiger partial charge in [0.25, 0.3) is 5.91 Å². The van der Waals surface area contributed by atoms with Gasteiger partial charge >= 0.3 is 12.2 Å². The van der Waals surface area contributed by atoms with E-state index in [1.165, 1.54) is 0 Å². The maximum absolute atomic E-state index is 13.8. The summed E-state index contributed by atoms with van der Waals surface area (Å²) in [6.07, 6.45) is -4.92. The minimum Gasteiger partial charge on any atom is -0.486 e. The number of hydrogen-bond donors (Lipinski definition) is 3. The number of hydrogen-bond acceptors (Lipinski definition) is 5. The third-order valence-corrected chi connectivity index (χ3v) is 8.41. The smallest absolute Gasteiger partial charge is 0.416 e. The van der Waals surface area contributed by atoms with Gasteiger partial charge in [0.15, 0.2) is 5.75 Å². The Balaban J connectivity index is 1.36. The minimum atomic E-state index is -4.50. The first-order chi connectivity index (χ1) is 22.9. The number of aliphatic hydroxyl groups excluding tert-OH is 1. The normalized spacial score (nSPS) is 17.2. The highest BCUT2D eigenvalue weighted by Gasteiger charge is 2.35. The summed E-state index contributed by atoms with van der Waals surface area (Å²) >= 11 is 0. The third kappa shape index (κ3) is 8.34. The standard InChI is InChI=1S/C37H39F3N4O4/c1-24-20-44(25(2)23-45)35(46)31-10-7-11-32(42-36(47)41-30-18-16-29(17-19-30)37(38,39)40)34(31)48-33(24)22-43(3)21-26-12-14-28(15-13-26)27-8-5-4-6-9-27/h4-19,24-25,33,45H,20-23H2,1-3H3,(H2,41,42,47)/t24-,25+,33+/m1/s1. The number of anilines is 2. The lowest BCUT2D eigenvalue weighted by atomic mass is 9.98. The Bertz CT molecular complexity index is 1700. The first-order valence-corrected chi connectivity index (χ1v) is 15.7. The van der Waals surface area contributed by atoms with Crippen LogP contribution >= 0.6 is 0 Å². The molecule has 11 heteroatoms. The number of ether oxygens (including phenoxy) is 1. The second-order valence-corrected chi connectivity index (χ2v) is 12.2. The Morgan fingerprint density at radius 3 is 2.27 bits per heavy atom. The van der Waals surface area contributed by atoms with Crippen molar-refractivity contribution in [2.24, 2.45) is 5.92 Å². The highest BCUT2D eigenvalue weighted by atomic mass is 19.4. The number of fused-ring (bicyclic) bond motifs is 1. The number of carbonyl (C=O) groups is 2. The topological polar surface area (TPSA) is 94.1 Å². The molecule has 0 bridgehead atoms. The molecule has 1 heterocycles. The fourth-order valence-corrected chi connectivity index (χ4v) is 5.70. The number of urea groups is 1. The molecule has 0 saturated carbocycles. The quantitative estimate of drug-likeness (QED) is 0.174. The number of benzene rings is 4. The largest absolute Gasteiger partial charge is 0.486 e. The second kappa shape index (κ2) is 14.9. The summed E-state index contributed by atoms with van der Waals surface area (Å²) in [5, 5.41) is 15.2. The summed E-state index contributed by atoms with van der Waals surface area (Å²) in [5.74, 6) is -0.332. The van der Waals surface area contributed by atoms with E-state index in [1.54, 1.807) is 30.0 Å². The Kier molecular flexibility index (Phi) is 10.7. The molecule has 48 heavy (non-hydrogen) atoms. The first-order valence-electron chi connectivity index (χ1n) is 15.7. The fourth-order valence-electron chi connectivity index (χ4n) is 5.70.